The van der Waals surface area contributed by atoms with Crippen molar-refractivity contribution in [1.82, 2.24) is 20.3 Å². The molecule has 3 aromatic rings. The van der Waals surface area contributed by atoms with E-state index in [9.17, 15) is 4.79 Å². The SMILES string of the molecule is CCNC(=O)Nc1nc2cc(-c3cncnc3)cc(C(CC)=NOC)c2s1. The minimum atomic E-state index is -0.281. The number of benzene rings is 1. The molecule has 2 N–H and O–H groups in total. The lowest BCUT2D eigenvalue weighted by Gasteiger charge is -2.08. The molecule has 0 saturated carbocycles. The van der Waals surface area contributed by atoms with E-state index in [1.54, 1.807) is 12.4 Å². The van der Waals surface area contributed by atoms with Crippen LogP contribution in [0.4, 0.5) is 9.93 Å². The van der Waals surface area contributed by atoms with Crippen LogP contribution in [-0.4, -0.2) is 40.3 Å². The number of amides is 2. The lowest BCUT2D eigenvalue weighted by Crippen LogP contribution is -2.28. The summed E-state index contributed by atoms with van der Waals surface area (Å²) >= 11 is 1.40. The van der Waals surface area contributed by atoms with E-state index in [4.69, 9.17) is 4.84 Å². The number of nitrogens with zero attached hydrogens (tertiary/aromatic N) is 4. The third kappa shape index (κ3) is 4.20. The number of rotatable bonds is 6. The molecule has 27 heavy (non-hydrogen) atoms. The Bertz CT molecular complexity index is 971. The summed E-state index contributed by atoms with van der Waals surface area (Å²) in [6, 6.07) is 3.70. The molecule has 2 amide bonds. The molecule has 2 heterocycles. The fourth-order valence-corrected chi connectivity index (χ4v) is 3.61. The van der Waals surface area contributed by atoms with Gasteiger partial charge in [0, 0.05) is 30.1 Å². The highest BCUT2D eigenvalue weighted by molar-refractivity contribution is 7.22. The lowest BCUT2D eigenvalue weighted by molar-refractivity contribution is 0.213. The van der Waals surface area contributed by atoms with Crippen molar-refractivity contribution >= 4 is 38.4 Å². The zero-order valence-corrected chi connectivity index (χ0v) is 16.1. The Balaban J connectivity index is 2.14. The van der Waals surface area contributed by atoms with Gasteiger partial charge in [-0.3, -0.25) is 5.32 Å². The number of aromatic nitrogens is 3. The number of thiazole rings is 1. The van der Waals surface area contributed by atoms with Gasteiger partial charge in [-0.1, -0.05) is 23.4 Å². The summed E-state index contributed by atoms with van der Waals surface area (Å²) in [7, 11) is 1.52. The van der Waals surface area contributed by atoms with E-state index in [2.05, 4.69) is 30.7 Å². The summed E-state index contributed by atoms with van der Waals surface area (Å²) in [5.41, 5.74) is 4.27. The van der Waals surface area contributed by atoms with E-state index in [1.807, 2.05) is 26.0 Å². The van der Waals surface area contributed by atoms with Crippen molar-refractivity contribution in [2.45, 2.75) is 20.3 Å². The second-order valence-electron chi connectivity index (χ2n) is 5.58. The third-order valence-corrected chi connectivity index (χ3v) is 4.81. The molecule has 1 aromatic carbocycles. The molecule has 8 nitrogen and oxygen atoms in total. The van der Waals surface area contributed by atoms with Gasteiger partial charge in [0.15, 0.2) is 5.13 Å². The summed E-state index contributed by atoms with van der Waals surface area (Å²) in [4.78, 5) is 29.6. The van der Waals surface area contributed by atoms with Crippen LogP contribution in [0.1, 0.15) is 25.8 Å². The molecule has 0 aliphatic heterocycles. The molecular formula is C18H20N6O2S. The molecule has 3 rings (SSSR count). The van der Waals surface area contributed by atoms with E-state index < -0.39 is 0 Å². The predicted octanol–water partition coefficient (Wildman–Crippen LogP) is 3.66. The fourth-order valence-electron chi connectivity index (χ4n) is 2.63. The Labute approximate surface area is 160 Å². The number of hydrogen-bond acceptors (Lipinski definition) is 7. The minimum Gasteiger partial charge on any atom is -0.399 e. The molecule has 0 radical (unpaired) electrons. The molecule has 0 saturated heterocycles. The van der Waals surface area contributed by atoms with Gasteiger partial charge in [0.25, 0.3) is 0 Å². The molecule has 0 atom stereocenters. The zero-order chi connectivity index (χ0) is 19.2. The normalized spacial score (nSPS) is 11.4. The van der Waals surface area contributed by atoms with Crippen molar-refractivity contribution in [1.29, 1.82) is 0 Å². The van der Waals surface area contributed by atoms with E-state index in [0.717, 1.165) is 32.6 Å². The van der Waals surface area contributed by atoms with Gasteiger partial charge >= 0.3 is 6.03 Å². The smallest absolute Gasteiger partial charge is 0.321 e. The summed E-state index contributed by atoms with van der Waals surface area (Å²) in [5, 5.41) is 10.2. The largest absolute Gasteiger partial charge is 0.399 e. The Morgan fingerprint density at radius 2 is 2.00 bits per heavy atom. The van der Waals surface area contributed by atoms with Crippen LogP contribution in [0.2, 0.25) is 0 Å². The maximum atomic E-state index is 11.8. The maximum Gasteiger partial charge on any atom is 0.321 e. The number of oxime groups is 1. The molecule has 0 unspecified atom stereocenters. The zero-order valence-electron chi connectivity index (χ0n) is 15.3. The van der Waals surface area contributed by atoms with Gasteiger partial charge < -0.3 is 10.2 Å². The van der Waals surface area contributed by atoms with Crippen molar-refractivity contribution in [2.75, 3.05) is 19.0 Å². The van der Waals surface area contributed by atoms with E-state index >= 15 is 0 Å². The maximum absolute atomic E-state index is 11.8. The summed E-state index contributed by atoms with van der Waals surface area (Å²) in [6.07, 6.45) is 5.67. The van der Waals surface area contributed by atoms with Crippen molar-refractivity contribution in [3.8, 4) is 11.1 Å². The van der Waals surface area contributed by atoms with Crippen LogP contribution in [-0.2, 0) is 4.84 Å². The van der Waals surface area contributed by atoms with Gasteiger partial charge in [0.2, 0.25) is 0 Å². The first-order valence-electron chi connectivity index (χ1n) is 8.51. The van der Waals surface area contributed by atoms with Crippen LogP contribution in [0.15, 0.2) is 36.0 Å². The van der Waals surface area contributed by atoms with Crippen molar-refractivity contribution in [3.05, 3.63) is 36.4 Å². The number of hydrogen-bond donors (Lipinski definition) is 2. The van der Waals surface area contributed by atoms with Crippen molar-refractivity contribution in [2.24, 2.45) is 5.16 Å². The van der Waals surface area contributed by atoms with Crippen LogP contribution in [0.5, 0.6) is 0 Å². The van der Waals surface area contributed by atoms with Gasteiger partial charge in [0.1, 0.15) is 13.4 Å². The Morgan fingerprint density at radius 1 is 1.22 bits per heavy atom. The van der Waals surface area contributed by atoms with Crippen LogP contribution in [0.25, 0.3) is 21.3 Å². The predicted molar refractivity (Wildman–Crippen MR) is 107 cm³/mol. The van der Waals surface area contributed by atoms with Crippen LogP contribution < -0.4 is 10.6 Å². The molecule has 0 spiro atoms. The fraction of sp³-hybridized carbons (Fsp3) is 0.278. The van der Waals surface area contributed by atoms with Gasteiger partial charge in [0.05, 0.1) is 15.9 Å². The van der Waals surface area contributed by atoms with Gasteiger partial charge in [-0.05, 0) is 31.0 Å². The van der Waals surface area contributed by atoms with Gasteiger partial charge in [-0.25, -0.2) is 19.7 Å². The minimum absolute atomic E-state index is 0.281. The topological polar surface area (TPSA) is 101 Å². The number of carbonyl (C=O) groups excluding carboxylic acids is 1. The first kappa shape index (κ1) is 18.7. The lowest BCUT2D eigenvalue weighted by atomic mass is 10.0. The second kappa shape index (κ2) is 8.54. The Kier molecular flexibility index (Phi) is 5.92. The summed E-state index contributed by atoms with van der Waals surface area (Å²) in [5.74, 6) is 0. The Morgan fingerprint density at radius 3 is 2.67 bits per heavy atom. The number of urea groups is 1. The standard InChI is InChI=1S/C18H20N6O2S/c1-4-14(24-26-3)13-6-11(12-8-19-10-20-9-12)7-15-16(13)27-18(22-15)23-17(25)21-5-2/h6-10H,4-5H2,1-3H3,(H2,21,22,23,25). The number of carbonyl (C=O) groups is 1. The van der Waals surface area contributed by atoms with Crippen LogP contribution in [0, 0.1) is 0 Å². The molecule has 0 bridgehead atoms. The number of anilines is 1. The molecule has 0 aliphatic carbocycles. The van der Waals surface area contributed by atoms with Gasteiger partial charge in [-0.15, -0.1) is 0 Å². The third-order valence-electron chi connectivity index (χ3n) is 3.79. The quantitative estimate of drug-likeness (QED) is 0.499. The van der Waals surface area contributed by atoms with Crippen LogP contribution in [0.3, 0.4) is 0 Å². The average Bonchev–Trinajstić information content (AvgIpc) is 3.08. The van der Waals surface area contributed by atoms with Crippen molar-refractivity contribution in [3.63, 3.8) is 0 Å². The highest BCUT2D eigenvalue weighted by Gasteiger charge is 2.16. The van der Waals surface area contributed by atoms with Gasteiger partial charge in [-0.2, -0.15) is 0 Å². The summed E-state index contributed by atoms with van der Waals surface area (Å²) < 4.78 is 0.931. The van der Waals surface area contributed by atoms with Crippen molar-refractivity contribution < 1.29 is 9.63 Å². The molecule has 9 heteroatoms. The highest BCUT2D eigenvalue weighted by Crippen LogP contribution is 2.34. The monoisotopic (exact) mass is 384 g/mol. The van der Waals surface area contributed by atoms with E-state index in [0.29, 0.717) is 18.1 Å². The Hall–Kier alpha value is -3.07. The summed E-state index contributed by atoms with van der Waals surface area (Å²) in [6.45, 7) is 4.41. The average molecular weight is 384 g/mol. The van der Waals surface area contributed by atoms with E-state index in [-0.39, 0.29) is 6.03 Å². The van der Waals surface area contributed by atoms with Crippen LogP contribution >= 0.6 is 11.3 Å². The molecule has 0 fully saturated rings. The van der Waals surface area contributed by atoms with E-state index in [1.165, 1.54) is 24.8 Å². The first-order chi connectivity index (χ1) is 13.2. The molecule has 2 aromatic heterocycles. The first-order valence-corrected chi connectivity index (χ1v) is 9.33. The molecular weight excluding hydrogens is 364 g/mol. The number of nitrogens with one attached hydrogen (secondary N) is 2. The number of fused-ring (bicyclic) bond motifs is 1. The second-order valence-corrected chi connectivity index (χ2v) is 6.58. The molecule has 0 aliphatic rings. The molecule has 140 valence electrons. The highest BCUT2D eigenvalue weighted by atomic mass is 32.1.